The molecule has 24 heavy (non-hydrogen) atoms. The minimum atomic E-state index is 0.0825. The number of carbonyl (C=O) groups is 1. The van der Waals surface area contributed by atoms with Crippen LogP contribution in [-0.2, 0) is 0 Å². The topological polar surface area (TPSA) is 38.8 Å². The van der Waals surface area contributed by atoms with E-state index in [0.717, 1.165) is 13.1 Å². The van der Waals surface area contributed by atoms with Gasteiger partial charge in [0.2, 0.25) is 6.79 Å². The molecular formula is C20H23NO3. The molecule has 0 saturated carbocycles. The van der Waals surface area contributed by atoms with Gasteiger partial charge in [-0.15, -0.1) is 0 Å². The van der Waals surface area contributed by atoms with Crippen LogP contribution < -0.4 is 9.47 Å². The lowest BCUT2D eigenvalue weighted by Gasteiger charge is -2.29. The van der Waals surface area contributed by atoms with Crippen molar-refractivity contribution in [2.24, 2.45) is 0 Å². The third-order valence-electron chi connectivity index (χ3n) is 4.51. The number of hydrogen-bond donors (Lipinski definition) is 0. The number of hydrogen-bond acceptors (Lipinski definition) is 4. The first-order chi connectivity index (χ1) is 11.7. The minimum Gasteiger partial charge on any atom is -0.454 e. The zero-order valence-electron chi connectivity index (χ0n) is 14.2. The number of carbonyl (C=O) groups excluding carboxylic acids is 1. The van der Waals surface area contributed by atoms with Crippen LogP contribution in [0.2, 0.25) is 0 Å². The van der Waals surface area contributed by atoms with Gasteiger partial charge in [-0.05, 0) is 36.9 Å². The molecule has 0 radical (unpaired) electrons. The maximum Gasteiger partial charge on any atom is 0.231 e. The summed E-state index contributed by atoms with van der Waals surface area (Å²) in [5.41, 5.74) is 1.85. The summed E-state index contributed by atoms with van der Waals surface area (Å²) in [6, 6.07) is 15.7. The molecule has 1 aliphatic heterocycles. The number of fused-ring (bicyclic) bond motifs is 1. The van der Waals surface area contributed by atoms with Crippen LogP contribution in [0.1, 0.15) is 42.2 Å². The fraction of sp³-hybridized carbons (Fsp3) is 0.350. The fourth-order valence-corrected chi connectivity index (χ4v) is 3.16. The van der Waals surface area contributed by atoms with Crippen molar-refractivity contribution in [3.63, 3.8) is 0 Å². The smallest absolute Gasteiger partial charge is 0.231 e. The van der Waals surface area contributed by atoms with Gasteiger partial charge in [0.05, 0.1) is 0 Å². The standard InChI is InChI=1S/C20H23NO3/c1-3-21(4-2)17(15-8-6-5-7-9-15)13-18(22)16-10-11-19-20(12-16)24-14-23-19/h5-12,17H,3-4,13-14H2,1-2H3. The molecule has 0 aliphatic carbocycles. The predicted molar refractivity (Wildman–Crippen MR) is 93.6 cm³/mol. The van der Waals surface area contributed by atoms with Crippen molar-refractivity contribution in [2.45, 2.75) is 26.3 Å². The maximum absolute atomic E-state index is 12.8. The highest BCUT2D eigenvalue weighted by Crippen LogP contribution is 2.34. The first kappa shape index (κ1) is 16.5. The van der Waals surface area contributed by atoms with Crippen LogP contribution in [0.3, 0.4) is 0 Å². The number of ether oxygens (including phenoxy) is 2. The van der Waals surface area contributed by atoms with Crippen molar-refractivity contribution in [2.75, 3.05) is 19.9 Å². The van der Waals surface area contributed by atoms with Crippen molar-refractivity contribution in [1.82, 2.24) is 4.90 Å². The molecule has 1 unspecified atom stereocenters. The van der Waals surface area contributed by atoms with E-state index >= 15 is 0 Å². The first-order valence-corrected chi connectivity index (χ1v) is 8.44. The highest BCUT2D eigenvalue weighted by Gasteiger charge is 2.23. The summed E-state index contributed by atoms with van der Waals surface area (Å²) in [6.07, 6.45) is 0.450. The van der Waals surface area contributed by atoms with Crippen LogP contribution in [0.15, 0.2) is 48.5 Å². The van der Waals surface area contributed by atoms with E-state index in [1.54, 1.807) is 6.07 Å². The average Bonchev–Trinajstić information content (AvgIpc) is 3.10. The van der Waals surface area contributed by atoms with Gasteiger partial charge in [0.25, 0.3) is 0 Å². The lowest BCUT2D eigenvalue weighted by molar-refractivity contribution is 0.0924. The van der Waals surface area contributed by atoms with E-state index < -0.39 is 0 Å². The van der Waals surface area contributed by atoms with Crippen LogP contribution in [-0.4, -0.2) is 30.6 Å². The quantitative estimate of drug-likeness (QED) is 0.719. The van der Waals surface area contributed by atoms with Crippen LogP contribution in [0.25, 0.3) is 0 Å². The maximum atomic E-state index is 12.8. The SMILES string of the molecule is CCN(CC)C(CC(=O)c1ccc2c(c1)OCO2)c1ccccc1. The summed E-state index contributed by atoms with van der Waals surface area (Å²) in [5.74, 6) is 1.48. The molecule has 0 amide bonds. The molecule has 2 aromatic carbocycles. The van der Waals surface area contributed by atoms with E-state index in [4.69, 9.17) is 9.47 Å². The molecule has 2 aromatic rings. The van der Waals surface area contributed by atoms with Crippen LogP contribution in [0, 0.1) is 0 Å². The molecule has 0 spiro atoms. The second-order valence-electron chi connectivity index (χ2n) is 5.84. The van der Waals surface area contributed by atoms with E-state index in [1.807, 2.05) is 30.3 Å². The molecule has 1 atom stereocenters. The highest BCUT2D eigenvalue weighted by atomic mass is 16.7. The van der Waals surface area contributed by atoms with Crippen molar-refractivity contribution < 1.29 is 14.3 Å². The Hall–Kier alpha value is -2.33. The van der Waals surface area contributed by atoms with E-state index in [9.17, 15) is 4.79 Å². The molecule has 0 aromatic heterocycles. The Morgan fingerprint density at radius 2 is 1.75 bits per heavy atom. The van der Waals surface area contributed by atoms with Gasteiger partial charge in [0.1, 0.15) is 0 Å². The third kappa shape index (κ3) is 3.44. The van der Waals surface area contributed by atoms with Gasteiger partial charge in [-0.1, -0.05) is 44.2 Å². The van der Waals surface area contributed by atoms with E-state index in [2.05, 4.69) is 30.9 Å². The Morgan fingerprint density at radius 3 is 2.46 bits per heavy atom. The van der Waals surface area contributed by atoms with E-state index in [-0.39, 0.29) is 18.6 Å². The molecule has 0 fully saturated rings. The summed E-state index contributed by atoms with van der Waals surface area (Å²) >= 11 is 0. The Kier molecular flexibility index (Phi) is 5.16. The monoisotopic (exact) mass is 325 g/mol. The fourth-order valence-electron chi connectivity index (χ4n) is 3.16. The molecule has 1 heterocycles. The molecule has 0 saturated heterocycles. The second-order valence-corrected chi connectivity index (χ2v) is 5.84. The number of rotatable bonds is 7. The molecule has 3 rings (SSSR count). The van der Waals surface area contributed by atoms with Gasteiger partial charge in [-0.3, -0.25) is 9.69 Å². The largest absolute Gasteiger partial charge is 0.454 e. The third-order valence-corrected chi connectivity index (χ3v) is 4.51. The van der Waals surface area contributed by atoms with Crippen molar-refractivity contribution >= 4 is 5.78 Å². The van der Waals surface area contributed by atoms with Gasteiger partial charge in [-0.2, -0.15) is 0 Å². The first-order valence-electron chi connectivity index (χ1n) is 8.44. The van der Waals surface area contributed by atoms with Crippen molar-refractivity contribution in [3.05, 3.63) is 59.7 Å². The van der Waals surface area contributed by atoms with Gasteiger partial charge in [0, 0.05) is 18.0 Å². The number of nitrogens with zero attached hydrogens (tertiary/aromatic N) is 1. The van der Waals surface area contributed by atoms with Crippen molar-refractivity contribution in [3.8, 4) is 11.5 Å². The van der Waals surface area contributed by atoms with Crippen LogP contribution in [0.5, 0.6) is 11.5 Å². The summed E-state index contributed by atoms with van der Waals surface area (Å²) in [7, 11) is 0. The molecular weight excluding hydrogens is 302 g/mol. The normalized spacial score (nSPS) is 14.0. The lowest BCUT2D eigenvalue weighted by atomic mass is 9.96. The Balaban J connectivity index is 1.83. The van der Waals surface area contributed by atoms with Crippen molar-refractivity contribution in [1.29, 1.82) is 0 Å². The summed E-state index contributed by atoms with van der Waals surface area (Å²) in [4.78, 5) is 15.2. The predicted octanol–water partition coefficient (Wildman–Crippen LogP) is 4.07. The molecule has 1 aliphatic rings. The highest BCUT2D eigenvalue weighted by molar-refractivity contribution is 5.97. The molecule has 126 valence electrons. The lowest BCUT2D eigenvalue weighted by Crippen LogP contribution is -2.30. The number of Topliss-reactive ketones (excluding diaryl/α,β-unsaturated/α-hetero) is 1. The van der Waals surface area contributed by atoms with Crippen LogP contribution >= 0.6 is 0 Å². The Bertz CT molecular complexity index is 695. The average molecular weight is 325 g/mol. The van der Waals surface area contributed by atoms with Gasteiger partial charge >= 0.3 is 0 Å². The molecule has 4 nitrogen and oxygen atoms in total. The van der Waals surface area contributed by atoms with Gasteiger partial charge < -0.3 is 9.47 Å². The molecule has 4 heteroatoms. The molecule has 0 bridgehead atoms. The zero-order chi connectivity index (χ0) is 16.9. The van der Waals surface area contributed by atoms with E-state index in [0.29, 0.717) is 23.5 Å². The van der Waals surface area contributed by atoms with Gasteiger partial charge in [0.15, 0.2) is 17.3 Å². The number of benzene rings is 2. The van der Waals surface area contributed by atoms with Gasteiger partial charge in [-0.25, -0.2) is 0 Å². The Morgan fingerprint density at radius 1 is 1.04 bits per heavy atom. The molecule has 0 N–H and O–H groups in total. The Labute approximate surface area is 143 Å². The number of ketones is 1. The zero-order valence-corrected chi connectivity index (χ0v) is 14.2. The minimum absolute atomic E-state index is 0.0825. The summed E-state index contributed by atoms with van der Waals surface area (Å²) < 4.78 is 10.7. The van der Waals surface area contributed by atoms with Crippen LogP contribution in [0.4, 0.5) is 0 Å². The van der Waals surface area contributed by atoms with E-state index in [1.165, 1.54) is 5.56 Å². The second kappa shape index (κ2) is 7.49. The summed E-state index contributed by atoms with van der Waals surface area (Å²) in [6.45, 7) is 6.29. The summed E-state index contributed by atoms with van der Waals surface area (Å²) in [5, 5.41) is 0.